The van der Waals surface area contributed by atoms with Gasteiger partial charge in [-0.3, -0.25) is 9.69 Å². The summed E-state index contributed by atoms with van der Waals surface area (Å²) in [5.74, 6) is 0.261. The van der Waals surface area contributed by atoms with Crippen LogP contribution in [-0.4, -0.2) is 31.8 Å². The number of amides is 3. The van der Waals surface area contributed by atoms with Gasteiger partial charge in [-0.1, -0.05) is 42.5 Å². The van der Waals surface area contributed by atoms with Gasteiger partial charge in [-0.25, -0.2) is 9.79 Å². The van der Waals surface area contributed by atoms with Crippen LogP contribution in [0.5, 0.6) is 5.75 Å². The molecule has 1 atom stereocenters. The fourth-order valence-electron chi connectivity index (χ4n) is 4.16. The second kappa shape index (κ2) is 7.72. The molecule has 3 aliphatic rings. The summed E-state index contributed by atoms with van der Waals surface area (Å²) < 4.78 is 5.30. The van der Waals surface area contributed by atoms with Gasteiger partial charge in [0.25, 0.3) is 5.91 Å². The van der Waals surface area contributed by atoms with Gasteiger partial charge < -0.3 is 10.1 Å². The Labute approximate surface area is 180 Å². The molecule has 1 aliphatic carbocycles. The standard InChI is InChI=1S/C25H21N3O3/c1-31-19-11-8-17-12-13-28(23(17)14-19)25(30)27-18-9-6-16(7-10-18)22-15-26-24(29)21-5-3-2-4-20(21)22/h2-11,14-15,21H,12-13H2,1H3,(H,27,30). The number of urea groups is 1. The summed E-state index contributed by atoms with van der Waals surface area (Å²) >= 11 is 0. The number of ether oxygens (including phenoxy) is 1. The van der Waals surface area contributed by atoms with Gasteiger partial charge in [0.15, 0.2) is 0 Å². The zero-order valence-electron chi connectivity index (χ0n) is 17.0. The van der Waals surface area contributed by atoms with Gasteiger partial charge >= 0.3 is 6.03 Å². The third-order valence-corrected chi connectivity index (χ3v) is 5.80. The molecule has 2 aliphatic heterocycles. The minimum absolute atomic E-state index is 0.147. The van der Waals surface area contributed by atoms with Crippen molar-refractivity contribution in [3.63, 3.8) is 0 Å². The molecule has 6 nitrogen and oxygen atoms in total. The highest BCUT2D eigenvalue weighted by atomic mass is 16.5. The minimum Gasteiger partial charge on any atom is -0.497 e. The number of hydrogen-bond acceptors (Lipinski definition) is 3. The number of nitrogens with one attached hydrogen (secondary N) is 1. The van der Waals surface area contributed by atoms with E-state index in [-0.39, 0.29) is 17.9 Å². The number of fused-ring (bicyclic) bond motifs is 2. The Hall–Kier alpha value is -3.93. The predicted octanol–water partition coefficient (Wildman–Crippen LogP) is 4.40. The number of dihydropyridines is 1. The summed E-state index contributed by atoms with van der Waals surface area (Å²) in [6.45, 7) is 0.633. The van der Waals surface area contributed by atoms with E-state index >= 15 is 0 Å². The molecule has 0 fully saturated rings. The predicted molar refractivity (Wildman–Crippen MR) is 122 cm³/mol. The van der Waals surface area contributed by atoms with Crippen molar-refractivity contribution in [3.05, 3.63) is 83.5 Å². The number of aliphatic imine (C=N–C) groups is 1. The lowest BCUT2D eigenvalue weighted by Gasteiger charge is -2.21. The second-order valence-corrected chi connectivity index (χ2v) is 7.59. The van der Waals surface area contributed by atoms with Crippen molar-refractivity contribution in [1.82, 2.24) is 0 Å². The molecule has 0 radical (unpaired) electrons. The number of nitrogens with zero attached hydrogens (tertiary/aromatic N) is 2. The summed E-state index contributed by atoms with van der Waals surface area (Å²) in [6.07, 6.45) is 10.1. The molecule has 2 aromatic rings. The summed E-state index contributed by atoms with van der Waals surface area (Å²) in [5, 5.41) is 2.97. The first-order chi connectivity index (χ1) is 15.1. The molecule has 0 saturated carbocycles. The Bertz CT molecular complexity index is 1190. The Balaban J connectivity index is 1.35. The van der Waals surface area contributed by atoms with Gasteiger partial charge in [-0.15, -0.1) is 0 Å². The van der Waals surface area contributed by atoms with Gasteiger partial charge in [0.05, 0.1) is 18.7 Å². The quantitative estimate of drug-likeness (QED) is 0.814. The molecule has 5 rings (SSSR count). The number of hydrogen-bond donors (Lipinski definition) is 1. The Morgan fingerprint density at radius 3 is 2.81 bits per heavy atom. The molecule has 2 aromatic carbocycles. The average molecular weight is 411 g/mol. The van der Waals surface area contributed by atoms with Crippen LogP contribution in [0, 0.1) is 5.92 Å². The van der Waals surface area contributed by atoms with Crippen LogP contribution in [0.15, 0.2) is 77.3 Å². The third kappa shape index (κ3) is 3.46. The van der Waals surface area contributed by atoms with E-state index in [1.54, 1.807) is 18.2 Å². The fourth-order valence-corrected chi connectivity index (χ4v) is 4.16. The zero-order valence-corrected chi connectivity index (χ0v) is 17.0. The van der Waals surface area contributed by atoms with E-state index in [1.807, 2.05) is 66.8 Å². The molecule has 0 saturated heterocycles. The number of anilines is 2. The number of carbonyl (C=O) groups is 2. The van der Waals surface area contributed by atoms with Crippen LogP contribution in [0.4, 0.5) is 16.2 Å². The van der Waals surface area contributed by atoms with Crippen LogP contribution < -0.4 is 15.0 Å². The zero-order chi connectivity index (χ0) is 21.4. The number of carbonyl (C=O) groups excluding carboxylic acids is 2. The first kappa shape index (κ1) is 19.1. The van der Waals surface area contributed by atoms with Gasteiger partial charge in [0.1, 0.15) is 5.75 Å². The molecule has 2 heterocycles. The van der Waals surface area contributed by atoms with Crippen LogP contribution in [0.3, 0.4) is 0 Å². The molecule has 31 heavy (non-hydrogen) atoms. The summed E-state index contributed by atoms with van der Waals surface area (Å²) in [5.41, 5.74) is 5.54. The Kier molecular flexibility index (Phi) is 4.75. The average Bonchev–Trinajstić information content (AvgIpc) is 3.23. The molecule has 0 bridgehead atoms. The van der Waals surface area contributed by atoms with Gasteiger partial charge in [0.2, 0.25) is 0 Å². The second-order valence-electron chi connectivity index (χ2n) is 7.59. The number of allylic oxidation sites excluding steroid dienone is 4. The Morgan fingerprint density at radius 2 is 2.00 bits per heavy atom. The van der Waals surface area contributed by atoms with Crippen LogP contribution in [0.1, 0.15) is 11.1 Å². The highest BCUT2D eigenvalue weighted by Gasteiger charge is 2.27. The fraction of sp³-hybridized carbons (Fsp3) is 0.160. The SMILES string of the molecule is COc1ccc2c(c1)N(C(=O)Nc1ccc(C3=C4C=CC=CC4C(=O)N=C3)cc1)CC2. The van der Waals surface area contributed by atoms with Crippen LogP contribution in [0.25, 0.3) is 5.57 Å². The van der Waals surface area contributed by atoms with E-state index in [2.05, 4.69) is 10.3 Å². The molecule has 3 amide bonds. The number of rotatable bonds is 3. The topological polar surface area (TPSA) is 71.0 Å². The maximum atomic E-state index is 12.9. The van der Waals surface area contributed by atoms with Crippen LogP contribution >= 0.6 is 0 Å². The normalized spacial score (nSPS) is 18.8. The molecular formula is C25H21N3O3. The van der Waals surface area contributed by atoms with E-state index < -0.39 is 0 Å². The van der Waals surface area contributed by atoms with E-state index in [4.69, 9.17) is 4.74 Å². The van der Waals surface area contributed by atoms with Crippen molar-refractivity contribution in [2.75, 3.05) is 23.9 Å². The first-order valence-corrected chi connectivity index (χ1v) is 10.2. The minimum atomic E-state index is -0.323. The van der Waals surface area contributed by atoms with Crippen molar-refractivity contribution >= 4 is 35.1 Å². The van der Waals surface area contributed by atoms with Gasteiger partial charge in [-0.05, 0) is 41.3 Å². The van der Waals surface area contributed by atoms with Crippen molar-refractivity contribution in [2.24, 2.45) is 10.9 Å². The molecule has 0 spiro atoms. The largest absolute Gasteiger partial charge is 0.497 e. The lowest BCUT2D eigenvalue weighted by molar-refractivity contribution is -0.119. The maximum absolute atomic E-state index is 12.9. The first-order valence-electron chi connectivity index (χ1n) is 10.2. The van der Waals surface area contributed by atoms with E-state index in [0.717, 1.165) is 40.1 Å². The van der Waals surface area contributed by atoms with E-state index in [9.17, 15) is 9.59 Å². The van der Waals surface area contributed by atoms with Crippen molar-refractivity contribution in [1.29, 1.82) is 0 Å². The Morgan fingerprint density at radius 1 is 1.16 bits per heavy atom. The number of methoxy groups -OCH3 is 1. The van der Waals surface area contributed by atoms with Gasteiger partial charge in [-0.2, -0.15) is 0 Å². The summed E-state index contributed by atoms with van der Waals surface area (Å²) in [4.78, 5) is 30.7. The monoisotopic (exact) mass is 411 g/mol. The number of benzene rings is 2. The lowest BCUT2D eigenvalue weighted by atomic mass is 9.85. The van der Waals surface area contributed by atoms with Crippen LogP contribution in [0.2, 0.25) is 0 Å². The summed E-state index contributed by atoms with van der Waals surface area (Å²) in [6, 6.07) is 13.2. The molecule has 0 aromatic heterocycles. The van der Waals surface area contributed by atoms with Crippen LogP contribution in [-0.2, 0) is 11.2 Å². The molecule has 1 N–H and O–H groups in total. The highest BCUT2D eigenvalue weighted by molar-refractivity contribution is 6.19. The van der Waals surface area contributed by atoms with Crippen molar-refractivity contribution in [2.45, 2.75) is 6.42 Å². The smallest absolute Gasteiger partial charge is 0.326 e. The summed E-state index contributed by atoms with van der Waals surface area (Å²) in [7, 11) is 1.62. The van der Waals surface area contributed by atoms with E-state index in [1.165, 1.54) is 0 Å². The molecule has 1 unspecified atom stereocenters. The lowest BCUT2D eigenvalue weighted by Crippen LogP contribution is -2.33. The van der Waals surface area contributed by atoms with Crippen molar-refractivity contribution in [3.8, 4) is 5.75 Å². The van der Waals surface area contributed by atoms with E-state index in [0.29, 0.717) is 12.2 Å². The molecular weight excluding hydrogens is 390 g/mol. The highest BCUT2D eigenvalue weighted by Crippen LogP contribution is 2.33. The van der Waals surface area contributed by atoms with Gasteiger partial charge in [0, 0.05) is 30.1 Å². The third-order valence-electron chi connectivity index (χ3n) is 5.80. The van der Waals surface area contributed by atoms with Crippen molar-refractivity contribution < 1.29 is 14.3 Å². The molecule has 154 valence electrons. The molecule has 6 heteroatoms. The maximum Gasteiger partial charge on any atom is 0.326 e.